The van der Waals surface area contributed by atoms with E-state index in [0.717, 1.165) is 0 Å². The smallest absolute Gasteiger partial charge is 0.0279 e. The normalized spacial score (nSPS) is 10.5. The average Bonchev–Trinajstić information content (AvgIpc) is 2.39. The van der Waals surface area contributed by atoms with Crippen LogP contribution in [-0.2, 0) is 6.54 Å². The predicted octanol–water partition coefficient (Wildman–Crippen LogP) is 3.41. The molecule has 1 heterocycles. The summed E-state index contributed by atoms with van der Waals surface area (Å²) in [6, 6.07) is 10.3. The quantitative estimate of drug-likeness (QED) is 0.857. The minimum atomic E-state index is 0.574. The van der Waals surface area contributed by atoms with Gasteiger partial charge < -0.3 is 5.73 Å². The van der Waals surface area contributed by atoms with E-state index in [4.69, 9.17) is 5.73 Å². The van der Waals surface area contributed by atoms with Crippen LogP contribution in [0, 0.1) is 0 Å². The van der Waals surface area contributed by atoms with Gasteiger partial charge in [0.1, 0.15) is 0 Å². The van der Waals surface area contributed by atoms with Crippen molar-refractivity contribution in [1.82, 2.24) is 4.98 Å². The van der Waals surface area contributed by atoms with Crippen molar-refractivity contribution in [3.63, 3.8) is 0 Å². The van der Waals surface area contributed by atoms with Crippen molar-refractivity contribution in [3.8, 4) is 0 Å². The third-order valence-corrected chi connectivity index (χ3v) is 4.32. The number of thioether (sulfide) groups is 1. The number of nitrogens with two attached hydrogens (primary N) is 1. The van der Waals surface area contributed by atoms with Crippen LogP contribution in [0.5, 0.6) is 0 Å². The topological polar surface area (TPSA) is 38.9 Å². The SMILES string of the molecule is CSc1cccc(Sc2ccncc2)c1CN. The summed E-state index contributed by atoms with van der Waals surface area (Å²) in [5.74, 6) is 0. The van der Waals surface area contributed by atoms with Crippen molar-refractivity contribution in [2.45, 2.75) is 21.2 Å². The zero-order chi connectivity index (χ0) is 12.1. The van der Waals surface area contributed by atoms with Crippen molar-refractivity contribution in [2.75, 3.05) is 6.26 Å². The van der Waals surface area contributed by atoms with Crippen molar-refractivity contribution in [1.29, 1.82) is 0 Å². The summed E-state index contributed by atoms with van der Waals surface area (Å²) >= 11 is 3.47. The van der Waals surface area contributed by atoms with Crippen molar-refractivity contribution >= 4 is 23.5 Å². The molecule has 2 rings (SSSR count). The second-order valence-corrected chi connectivity index (χ2v) is 5.39. The third kappa shape index (κ3) is 3.03. The minimum absolute atomic E-state index is 0.574. The second kappa shape index (κ2) is 6.10. The Labute approximate surface area is 110 Å². The molecule has 1 aromatic carbocycles. The summed E-state index contributed by atoms with van der Waals surface area (Å²) in [4.78, 5) is 7.69. The molecule has 1 aromatic heterocycles. The molecule has 0 aliphatic rings. The first-order valence-corrected chi connectivity index (χ1v) is 7.33. The lowest BCUT2D eigenvalue weighted by Gasteiger charge is -2.11. The van der Waals surface area contributed by atoms with Gasteiger partial charge in [-0.1, -0.05) is 17.8 Å². The summed E-state index contributed by atoms with van der Waals surface area (Å²) < 4.78 is 0. The Kier molecular flexibility index (Phi) is 4.48. The molecule has 0 aliphatic carbocycles. The van der Waals surface area contributed by atoms with E-state index in [1.165, 1.54) is 20.2 Å². The van der Waals surface area contributed by atoms with Crippen LogP contribution in [0.4, 0.5) is 0 Å². The first-order valence-electron chi connectivity index (χ1n) is 5.29. The van der Waals surface area contributed by atoms with Crippen molar-refractivity contribution < 1.29 is 0 Å². The second-order valence-electron chi connectivity index (χ2n) is 3.43. The van der Waals surface area contributed by atoms with E-state index >= 15 is 0 Å². The van der Waals surface area contributed by atoms with Gasteiger partial charge in [-0.15, -0.1) is 11.8 Å². The lowest BCUT2D eigenvalue weighted by molar-refractivity contribution is 0.980. The molecule has 0 fully saturated rings. The Hall–Kier alpha value is -0.970. The van der Waals surface area contributed by atoms with Crippen LogP contribution < -0.4 is 5.73 Å². The lowest BCUT2D eigenvalue weighted by atomic mass is 10.2. The van der Waals surface area contributed by atoms with Gasteiger partial charge in [0.2, 0.25) is 0 Å². The van der Waals surface area contributed by atoms with E-state index in [-0.39, 0.29) is 0 Å². The highest BCUT2D eigenvalue weighted by Gasteiger charge is 2.07. The Morgan fingerprint density at radius 3 is 2.47 bits per heavy atom. The average molecular weight is 262 g/mol. The van der Waals surface area contributed by atoms with Crippen LogP contribution in [0.3, 0.4) is 0 Å². The van der Waals surface area contributed by atoms with Gasteiger partial charge in [-0.05, 0) is 36.1 Å². The monoisotopic (exact) mass is 262 g/mol. The van der Waals surface area contributed by atoms with E-state index in [2.05, 4.69) is 29.4 Å². The fourth-order valence-corrected chi connectivity index (χ4v) is 3.26. The lowest BCUT2D eigenvalue weighted by Crippen LogP contribution is -2.00. The number of hydrogen-bond donors (Lipinski definition) is 1. The molecular formula is C13H14N2S2. The van der Waals surface area contributed by atoms with E-state index in [1.807, 2.05) is 24.5 Å². The van der Waals surface area contributed by atoms with Gasteiger partial charge in [0.15, 0.2) is 0 Å². The molecule has 88 valence electrons. The van der Waals surface area contributed by atoms with Gasteiger partial charge in [0, 0.05) is 33.6 Å². The fourth-order valence-electron chi connectivity index (χ4n) is 1.57. The Morgan fingerprint density at radius 1 is 1.12 bits per heavy atom. The zero-order valence-electron chi connectivity index (χ0n) is 9.59. The van der Waals surface area contributed by atoms with Crippen LogP contribution in [0.15, 0.2) is 57.4 Å². The highest BCUT2D eigenvalue weighted by Crippen LogP contribution is 2.34. The van der Waals surface area contributed by atoms with Gasteiger partial charge in [0.25, 0.3) is 0 Å². The van der Waals surface area contributed by atoms with Crippen molar-refractivity contribution in [3.05, 3.63) is 48.3 Å². The van der Waals surface area contributed by atoms with Gasteiger partial charge in [0.05, 0.1) is 0 Å². The fraction of sp³-hybridized carbons (Fsp3) is 0.154. The molecule has 0 radical (unpaired) electrons. The first kappa shape index (κ1) is 12.5. The van der Waals surface area contributed by atoms with Crippen LogP contribution in [0.1, 0.15) is 5.56 Å². The van der Waals surface area contributed by atoms with Crippen LogP contribution in [0.25, 0.3) is 0 Å². The first-order chi connectivity index (χ1) is 8.35. The summed E-state index contributed by atoms with van der Waals surface area (Å²) in [6.45, 7) is 0.574. The number of pyridine rings is 1. The van der Waals surface area contributed by atoms with E-state index in [1.54, 1.807) is 23.5 Å². The summed E-state index contributed by atoms with van der Waals surface area (Å²) in [5.41, 5.74) is 7.07. The predicted molar refractivity (Wildman–Crippen MR) is 74.5 cm³/mol. The molecule has 17 heavy (non-hydrogen) atoms. The standard InChI is InChI=1S/C13H14N2S2/c1-16-12-3-2-4-13(11(12)9-14)17-10-5-7-15-8-6-10/h2-8H,9,14H2,1H3. The van der Waals surface area contributed by atoms with Crippen LogP contribution in [0.2, 0.25) is 0 Å². The number of hydrogen-bond acceptors (Lipinski definition) is 4. The molecule has 0 bridgehead atoms. The molecule has 2 nitrogen and oxygen atoms in total. The van der Waals surface area contributed by atoms with Crippen LogP contribution in [-0.4, -0.2) is 11.2 Å². The third-order valence-electron chi connectivity index (χ3n) is 2.39. The number of aromatic nitrogens is 1. The maximum atomic E-state index is 5.84. The van der Waals surface area contributed by atoms with Gasteiger partial charge in [-0.25, -0.2) is 0 Å². The number of rotatable bonds is 4. The minimum Gasteiger partial charge on any atom is -0.326 e. The summed E-state index contributed by atoms with van der Waals surface area (Å²) in [5, 5.41) is 0. The molecule has 0 spiro atoms. The maximum Gasteiger partial charge on any atom is 0.0279 e. The van der Waals surface area contributed by atoms with E-state index in [9.17, 15) is 0 Å². The number of benzene rings is 1. The Morgan fingerprint density at radius 2 is 1.82 bits per heavy atom. The van der Waals surface area contributed by atoms with Crippen LogP contribution >= 0.6 is 23.5 Å². The summed E-state index contributed by atoms with van der Waals surface area (Å²) in [6.07, 6.45) is 5.70. The molecule has 0 unspecified atom stereocenters. The molecular weight excluding hydrogens is 248 g/mol. The highest BCUT2D eigenvalue weighted by atomic mass is 32.2. The Bertz CT molecular complexity index is 486. The van der Waals surface area contributed by atoms with Gasteiger partial charge >= 0.3 is 0 Å². The van der Waals surface area contributed by atoms with E-state index in [0.29, 0.717) is 6.54 Å². The Balaban J connectivity index is 2.33. The molecule has 4 heteroatoms. The largest absolute Gasteiger partial charge is 0.326 e. The highest BCUT2D eigenvalue weighted by molar-refractivity contribution is 8.00. The molecule has 2 aromatic rings. The summed E-state index contributed by atoms with van der Waals surface area (Å²) in [7, 11) is 0. The number of nitrogens with zero attached hydrogens (tertiary/aromatic N) is 1. The molecule has 0 aliphatic heterocycles. The molecule has 2 N–H and O–H groups in total. The molecule has 0 atom stereocenters. The van der Waals surface area contributed by atoms with E-state index < -0.39 is 0 Å². The van der Waals surface area contributed by atoms with Crippen molar-refractivity contribution in [2.24, 2.45) is 5.73 Å². The van der Waals surface area contributed by atoms with Gasteiger partial charge in [-0.3, -0.25) is 4.98 Å². The molecule has 0 amide bonds. The molecule has 0 saturated heterocycles. The molecule has 0 saturated carbocycles. The maximum absolute atomic E-state index is 5.84. The van der Waals surface area contributed by atoms with Gasteiger partial charge in [-0.2, -0.15) is 0 Å². The zero-order valence-corrected chi connectivity index (χ0v) is 11.2.